The third kappa shape index (κ3) is 2.35. The number of rotatable bonds is 3. The summed E-state index contributed by atoms with van der Waals surface area (Å²) in [5.41, 5.74) is 2.56. The summed E-state index contributed by atoms with van der Waals surface area (Å²) >= 11 is 0. The van der Waals surface area contributed by atoms with E-state index in [1.165, 1.54) is 18.5 Å². The van der Waals surface area contributed by atoms with Crippen LogP contribution in [0.1, 0.15) is 18.5 Å². The molecular formula is C15H23N3O. The highest BCUT2D eigenvalue weighted by Gasteiger charge is 2.53. The van der Waals surface area contributed by atoms with Crippen LogP contribution in [0, 0.1) is 6.92 Å². The van der Waals surface area contributed by atoms with Gasteiger partial charge in [-0.1, -0.05) is 0 Å². The van der Waals surface area contributed by atoms with Crippen molar-refractivity contribution >= 4 is 5.69 Å². The van der Waals surface area contributed by atoms with Gasteiger partial charge in [-0.15, -0.1) is 0 Å². The van der Waals surface area contributed by atoms with E-state index in [4.69, 9.17) is 4.74 Å². The summed E-state index contributed by atoms with van der Waals surface area (Å²) in [6.07, 6.45) is 4.81. The minimum atomic E-state index is 0.275. The number of aromatic nitrogens is 1. The highest BCUT2D eigenvalue weighted by molar-refractivity contribution is 5.45. The maximum atomic E-state index is 6.04. The molecule has 0 spiro atoms. The Kier molecular flexibility index (Phi) is 3.23. The fraction of sp³-hybridized carbons (Fsp3) is 0.667. The number of likely N-dealkylation sites (N-methyl/N-ethyl adjacent to an activating group) is 1. The topological polar surface area (TPSA) is 28.6 Å². The summed E-state index contributed by atoms with van der Waals surface area (Å²) in [6.45, 7) is 4.78. The average Bonchev–Trinajstić information content (AvgIpc) is 3.21. The van der Waals surface area contributed by atoms with E-state index in [0.29, 0.717) is 6.10 Å². The first-order valence-electron chi connectivity index (χ1n) is 7.08. The predicted octanol–water partition coefficient (Wildman–Crippen LogP) is 1.69. The van der Waals surface area contributed by atoms with Gasteiger partial charge in [-0.2, -0.15) is 0 Å². The lowest BCUT2D eigenvalue weighted by Crippen LogP contribution is -2.53. The predicted molar refractivity (Wildman–Crippen MR) is 76.6 cm³/mol. The molecule has 1 aromatic heterocycles. The fourth-order valence-corrected chi connectivity index (χ4v) is 3.04. The lowest BCUT2D eigenvalue weighted by Gasteiger charge is -2.40. The van der Waals surface area contributed by atoms with E-state index in [0.717, 1.165) is 25.4 Å². The molecule has 104 valence electrons. The van der Waals surface area contributed by atoms with Crippen molar-refractivity contribution in [2.45, 2.75) is 31.4 Å². The molecule has 0 bridgehead atoms. The average molecular weight is 261 g/mol. The molecule has 2 fully saturated rings. The second-order valence-electron chi connectivity index (χ2n) is 5.96. The Morgan fingerprint density at radius 2 is 2.16 bits per heavy atom. The number of aryl methyl sites for hydroxylation is 1. The van der Waals surface area contributed by atoms with E-state index in [1.807, 2.05) is 13.1 Å². The number of hydrogen-bond donors (Lipinski definition) is 0. The Hall–Kier alpha value is -1.13. The van der Waals surface area contributed by atoms with E-state index in [9.17, 15) is 0 Å². The van der Waals surface area contributed by atoms with Crippen LogP contribution in [0.3, 0.4) is 0 Å². The van der Waals surface area contributed by atoms with E-state index in [-0.39, 0.29) is 5.54 Å². The minimum Gasteiger partial charge on any atom is -0.373 e. The first-order valence-corrected chi connectivity index (χ1v) is 7.08. The largest absolute Gasteiger partial charge is 0.373 e. The van der Waals surface area contributed by atoms with Crippen LogP contribution in [-0.2, 0) is 4.74 Å². The second-order valence-corrected chi connectivity index (χ2v) is 5.96. The molecule has 0 N–H and O–H groups in total. The Bertz CT molecular complexity index is 439. The van der Waals surface area contributed by atoms with Gasteiger partial charge in [-0.3, -0.25) is 4.98 Å². The van der Waals surface area contributed by atoms with Crippen LogP contribution < -0.4 is 4.90 Å². The van der Waals surface area contributed by atoms with E-state index >= 15 is 0 Å². The van der Waals surface area contributed by atoms with Crippen LogP contribution in [0.2, 0.25) is 0 Å². The van der Waals surface area contributed by atoms with Gasteiger partial charge in [0.15, 0.2) is 0 Å². The molecule has 3 rings (SSSR count). The van der Waals surface area contributed by atoms with Crippen LogP contribution in [0.4, 0.5) is 5.69 Å². The smallest absolute Gasteiger partial charge is 0.0933 e. The molecule has 0 radical (unpaired) electrons. The molecule has 1 aromatic rings. The number of pyridine rings is 1. The van der Waals surface area contributed by atoms with Crippen LogP contribution in [0.5, 0.6) is 0 Å². The molecule has 0 aromatic carbocycles. The van der Waals surface area contributed by atoms with Crippen LogP contribution in [-0.4, -0.2) is 55.3 Å². The number of morpholine rings is 1. The Morgan fingerprint density at radius 1 is 1.37 bits per heavy atom. The van der Waals surface area contributed by atoms with E-state index in [2.05, 4.69) is 41.0 Å². The molecule has 1 saturated heterocycles. The summed E-state index contributed by atoms with van der Waals surface area (Å²) in [7, 11) is 4.34. The molecule has 1 aliphatic carbocycles. The number of ether oxygens (including phenoxy) is 1. The van der Waals surface area contributed by atoms with Crippen molar-refractivity contribution < 1.29 is 4.74 Å². The van der Waals surface area contributed by atoms with Crippen LogP contribution in [0.25, 0.3) is 0 Å². The normalized spacial score (nSPS) is 25.7. The molecule has 19 heavy (non-hydrogen) atoms. The zero-order valence-electron chi connectivity index (χ0n) is 12.1. The highest BCUT2D eigenvalue weighted by atomic mass is 16.5. The van der Waals surface area contributed by atoms with Crippen molar-refractivity contribution in [1.29, 1.82) is 0 Å². The monoisotopic (exact) mass is 261 g/mol. The van der Waals surface area contributed by atoms with Crippen molar-refractivity contribution in [2.75, 3.05) is 38.7 Å². The van der Waals surface area contributed by atoms with Gasteiger partial charge in [-0.25, -0.2) is 0 Å². The Balaban J connectivity index is 1.73. The maximum absolute atomic E-state index is 6.04. The highest BCUT2D eigenvalue weighted by Crippen LogP contribution is 2.45. The molecular weight excluding hydrogens is 238 g/mol. The van der Waals surface area contributed by atoms with Gasteiger partial charge < -0.3 is 14.5 Å². The molecule has 1 saturated carbocycles. The van der Waals surface area contributed by atoms with Gasteiger partial charge in [-0.05, 0) is 46.0 Å². The zero-order valence-corrected chi connectivity index (χ0v) is 12.1. The van der Waals surface area contributed by atoms with Crippen molar-refractivity contribution in [3.8, 4) is 0 Å². The van der Waals surface area contributed by atoms with Gasteiger partial charge in [0.25, 0.3) is 0 Å². The lowest BCUT2D eigenvalue weighted by molar-refractivity contribution is -0.0215. The van der Waals surface area contributed by atoms with Crippen LogP contribution >= 0.6 is 0 Å². The second kappa shape index (κ2) is 4.76. The van der Waals surface area contributed by atoms with Crippen molar-refractivity contribution in [2.24, 2.45) is 0 Å². The van der Waals surface area contributed by atoms with Crippen LogP contribution in [0.15, 0.2) is 18.3 Å². The summed E-state index contributed by atoms with van der Waals surface area (Å²) in [4.78, 5) is 9.15. The number of anilines is 1. The van der Waals surface area contributed by atoms with Crippen molar-refractivity contribution in [3.05, 3.63) is 24.0 Å². The van der Waals surface area contributed by atoms with E-state index < -0.39 is 0 Å². The third-order valence-electron chi connectivity index (χ3n) is 4.58. The van der Waals surface area contributed by atoms with Gasteiger partial charge in [0.1, 0.15) is 0 Å². The number of hydrogen-bond acceptors (Lipinski definition) is 4. The lowest BCUT2D eigenvalue weighted by atomic mass is 10.1. The first-order chi connectivity index (χ1) is 9.12. The molecule has 2 aliphatic rings. The minimum absolute atomic E-state index is 0.275. The van der Waals surface area contributed by atoms with Gasteiger partial charge in [0.2, 0.25) is 0 Å². The molecule has 1 atom stereocenters. The first kappa shape index (κ1) is 12.9. The molecule has 4 heteroatoms. The molecule has 0 amide bonds. The SMILES string of the molecule is Cc1ccc(N2CCO[C@@H](C3(N(C)C)CC3)C2)cn1. The number of nitrogens with zero attached hydrogens (tertiary/aromatic N) is 3. The molecule has 4 nitrogen and oxygen atoms in total. The summed E-state index contributed by atoms with van der Waals surface area (Å²) < 4.78 is 6.04. The molecule has 1 aliphatic heterocycles. The standard InChI is InChI=1S/C15H23N3O/c1-12-4-5-13(10-16-12)18-8-9-19-14(11-18)15(6-7-15)17(2)3/h4-5,10,14H,6-9,11H2,1-3H3/t14-/m1/s1. The quantitative estimate of drug-likeness (QED) is 0.828. The molecule has 2 heterocycles. The van der Waals surface area contributed by atoms with E-state index in [1.54, 1.807) is 0 Å². The summed E-state index contributed by atoms with van der Waals surface area (Å²) in [5.74, 6) is 0. The fourth-order valence-electron chi connectivity index (χ4n) is 3.04. The van der Waals surface area contributed by atoms with Gasteiger partial charge in [0.05, 0.1) is 24.6 Å². The maximum Gasteiger partial charge on any atom is 0.0933 e. The van der Waals surface area contributed by atoms with Crippen molar-refractivity contribution in [1.82, 2.24) is 9.88 Å². The summed E-state index contributed by atoms with van der Waals surface area (Å²) in [6, 6.07) is 4.25. The zero-order chi connectivity index (χ0) is 13.5. The Morgan fingerprint density at radius 3 is 2.74 bits per heavy atom. The summed E-state index contributed by atoms with van der Waals surface area (Å²) in [5, 5.41) is 0. The van der Waals surface area contributed by atoms with Gasteiger partial charge in [0, 0.05) is 24.3 Å². The molecule has 0 unspecified atom stereocenters. The third-order valence-corrected chi connectivity index (χ3v) is 4.58. The van der Waals surface area contributed by atoms with Gasteiger partial charge >= 0.3 is 0 Å². The Labute approximate surface area is 115 Å². The van der Waals surface area contributed by atoms with Crippen molar-refractivity contribution in [3.63, 3.8) is 0 Å².